The summed E-state index contributed by atoms with van der Waals surface area (Å²) in [6.45, 7) is 4.71. The van der Waals surface area contributed by atoms with Crippen LogP contribution in [0.5, 0.6) is 5.88 Å². The van der Waals surface area contributed by atoms with Crippen LogP contribution in [-0.4, -0.2) is 16.6 Å². The van der Waals surface area contributed by atoms with Gasteiger partial charge in [-0.1, -0.05) is 36.4 Å². The van der Waals surface area contributed by atoms with Crippen LogP contribution in [0.3, 0.4) is 0 Å². The summed E-state index contributed by atoms with van der Waals surface area (Å²) in [7, 11) is 0. The summed E-state index contributed by atoms with van der Waals surface area (Å²) in [5, 5.41) is 0.727. The Morgan fingerprint density at radius 2 is 1.95 bits per heavy atom. The molecule has 0 saturated heterocycles. The van der Waals surface area contributed by atoms with Crippen molar-refractivity contribution in [3.8, 4) is 5.88 Å². The smallest absolute Gasteiger partial charge is 0.241 e. The third-order valence-corrected chi connectivity index (χ3v) is 3.52. The second kappa shape index (κ2) is 6.43. The van der Waals surface area contributed by atoms with E-state index in [0.29, 0.717) is 18.2 Å². The van der Waals surface area contributed by atoms with Crippen molar-refractivity contribution in [2.24, 2.45) is 0 Å². The third kappa shape index (κ3) is 3.61. The molecule has 1 heterocycles. The van der Waals surface area contributed by atoms with Gasteiger partial charge >= 0.3 is 0 Å². The Morgan fingerprint density at radius 1 is 1.21 bits per heavy atom. The van der Waals surface area contributed by atoms with E-state index in [1.54, 1.807) is 0 Å². The van der Waals surface area contributed by atoms with Gasteiger partial charge in [-0.3, -0.25) is 0 Å². The lowest BCUT2D eigenvalue weighted by molar-refractivity contribution is 0.305. The first-order chi connectivity index (χ1) is 9.20. The predicted molar refractivity (Wildman–Crippen MR) is 77.5 cm³/mol. The molecular formula is C14H17N3OS. The lowest BCUT2D eigenvalue weighted by Crippen LogP contribution is -2.03. The van der Waals surface area contributed by atoms with Crippen LogP contribution in [0, 0.1) is 6.92 Å². The number of nitrogen functional groups attached to an aromatic ring is 1. The maximum Gasteiger partial charge on any atom is 0.241 e. The molecule has 4 nitrogen and oxygen atoms in total. The zero-order chi connectivity index (χ0) is 13.7. The second-order valence-electron chi connectivity index (χ2n) is 4.16. The van der Waals surface area contributed by atoms with Gasteiger partial charge in [-0.25, -0.2) is 4.98 Å². The molecule has 0 aliphatic rings. The summed E-state index contributed by atoms with van der Waals surface area (Å²) in [6, 6.07) is 8.23. The molecular weight excluding hydrogens is 258 g/mol. The summed E-state index contributed by atoms with van der Waals surface area (Å²) in [5.41, 5.74) is 7.76. The zero-order valence-electron chi connectivity index (χ0n) is 11.1. The minimum Gasteiger partial charge on any atom is -0.476 e. The van der Waals surface area contributed by atoms with Crippen LogP contribution in [0.2, 0.25) is 0 Å². The molecule has 0 fully saturated rings. The summed E-state index contributed by atoms with van der Waals surface area (Å²) in [6.07, 6.45) is 2.40. The fraction of sp³-hybridized carbons (Fsp3) is 0.286. The van der Waals surface area contributed by atoms with Crippen molar-refractivity contribution < 1.29 is 4.74 Å². The van der Waals surface area contributed by atoms with Gasteiger partial charge in [0.05, 0.1) is 6.61 Å². The van der Waals surface area contributed by atoms with Gasteiger partial charge in [0, 0.05) is 4.90 Å². The average Bonchev–Trinajstić information content (AvgIpc) is 2.42. The van der Waals surface area contributed by atoms with Crippen LogP contribution in [0.15, 0.2) is 40.5 Å². The van der Waals surface area contributed by atoms with Crippen molar-refractivity contribution in [2.45, 2.75) is 30.2 Å². The molecule has 2 N–H and O–H groups in total. The van der Waals surface area contributed by atoms with Crippen LogP contribution in [0.25, 0.3) is 0 Å². The fourth-order valence-corrected chi connectivity index (χ4v) is 2.27. The minimum atomic E-state index is 0.464. The molecule has 100 valence electrons. The SMILES string of the molecule is CCCOc1ncnc(Sc2ccc(C)cc2)c1N. The van der Waals surface area contributed by atoms with Crippen molar-refractivity contribution in [3.63, 3.8) is 0 Å². The van der Waals surface area contributed by atoms with Gasteiger partial charge in [-0.2, -0.15) is 4.98 Å². The van der Waals surface area contributed by atoms with Crippen molar-refractivity contribution in [3.05, 3.63) is 36.2 Å². The highest BCUT2D eigenvalue weighted by Crippen LogP contribution is 2.33. The monoisotopic (exact) mass is 275 g/mol. The van der Waals surface area contributed by atoms with Crippen molar-refractivity contribution in [1.29, 1.82) is 0 Å². The first-order valence-corrected chi connectivity index (χ1v) is 7.00. The van der Waals surface area contributed by atoms with Crippen LogP contribution < -0.4 is 10.5 Å². The molecule has 0 aliphatic carbocycles. The molecule has 2 rings (SSSR count). The van der Waals surface area contributed by atoms with Crippen molar-refractivity contribution in [2.75, 3.05) is 12.3 Å². The van der Waals surface area contributed by atoms with Crippen LogP contribution >= 0.6 is 11.8 Å². The van der Waals surface area contributed by atoms with E-state index in [1.165, 1.54) is 23.7 Å². The highest BCUT2D eigenvalue weighted by Gasteiger charge is 2.10. The molecule has 0 radical (unpaired) electrons. The van der Waals surface area contributed by atoms with Gasteiger partial charge < -0.3 is 10.5 Å². The normalized spacial score (nSPS) is 10.4. The molecule has 0 saturated carbocycles. The highest BCUT2D eigenvalue weighted by molar-refractivity contribution is 7.99. The van der Waals surface area contributed by atoms with Crippen LogP contribution in [0.4, 0.5) is 5.69 Å². The average molecular weight is 275 g/mol. The standard InChI is InChI=1S/C14H17N3OS/c1-3-8-18-13-12(15)14(17-9-16-13)19-11-6-4-10(2)5-7-11/h4-7,9H,3,8,15H2,1-2H3. The first-order valence-electron chi connectivity index (χ1n) is 6.18. The summed E-state index contributed by atoms with van der Waals surface area (Å²) >= 11 is 1.51. The Bertz CT molecular complexity index is 543. The summed E-state index contributed by atoms with van der Waals surface area (Å²) in [4.78, 5) is 9.37. The number of ether oxygens (including phenoxy) is 1. The Labute approximate surface area is 117 Å². The molecule has 19 heavy (non-hydrogen) atoms. The topological polar surface area (TPSA) is 61.0 Å². The van der Waals surface area contributed by atoms with E-state index in [0.717, 1.165) is 16.3 Å². The van der Waals surface area contributed by atoms with Gasteiger partial charge in [0.15, 0.2) is 0 Å². The molecule has 0 spiro atoms. The molecule has 1 aromatic carbocycles. The number of rotatable bonds is 5. The van der Waals surface area contributed by atoms with Crippen molar-refractivity contribution in [1.82, 2.24) is 9.97 Å². The zero-order valence-corrected chi connectivity index (χ0v) is 11.9. The van der Waals surface area contributed by atoms with E-state index in [4.69, 9.17) is 10.5 Å². The second-order valence-corrected chi connectivity index (χ2v) is 5.22. The number of nitrogens with two attached hydrogens (primary N) is 1. The number of hydrogen-bond donors (Lipinski definition) is 1. The van der Waals surface area contributed by atoms with Crippen LogP contribution in [-0.2, 0) is 0 Å². The maximum atomic E-state index is 6.03. The van der Waals surface area contributed by atoms with Crippen molar-refractivity contribution >= 4 is 17.4 Å². The molecule has 0 unspecified atom stereocenters. The van der Waals surface area contributed by atoms with Gasteiger partial charge in [-0.15, -0.1) is 0 Å². The van der Waals surface area contributed by atoms with E-state index in [-0.39, 0.29) is 0 Å². The molecule has 2 aromatic rings. The summed E-state index contributed by atoms with van der Waals surface area (Å²) in [5.74, 6) is 0.464. The van der Waals surface area contributed by atoms with Gasteiger partial charge in [0.1, 0.15) is 17.0 Å². The number of nitrogens with zero attached hydrogens (tertiary/aromatic N) is 2. The first kappa shape index (κ1) is 13.7. The number of anilines is 1. The third-order valence-electron chi connectivity index (χ3n) is 2.49. The molecule has 1 aromatic heterocycles. The van der Waals surface area contributed by atoms with E-state index in [2.05, 4.69) is 29.0 Å². The Kier molecular flexibility index (Phi) is 4.63. The van der Waals surface area contributed by atoms with Gasteiger partial charge in [0.25, 0.3) is 0 Å². The lowest BCUT2D eigenvalue weighted by Gasteiger charge is -2.09. The van der Waals surface area contributed by atoms with E-state index in [9.17, 15) is 0 Å². The number of benzene rings is 1. The molecule has 5 heteroatoms. The lowest BCUT2D eigenvalue weighted by atomic mass is 10.2. The fourth-order valence-electron chi connectivity index (χ4n) is 1.48. The van der Waals surface area contributed by atoms with Crippen LogP contribution in [0.1, 0.15) is 18.9 Å². The largest absolute Gasteiger partial charge is 0.476 e. The predicted octanol–water partition coefficient (Wildman–Crippen LogP) is 3.31. The number of aryl methyl sites for hydroxylation is 1. The number of hydrogen-bond acceptors (Lipinski definition) is 5. The van der Waals surface area contributed by atoms with E-state index < -0.39 is 0 Å². The Morgan fingerprint density at radius 3 is 2.63 bits per heavy atom. The number of aromatic nitrogens is 2. The Hall–Kier alpha value is -1.75. The van der Waals surface area contributed by atoms with E-state index >= 15 is 0 Å². The highest BCUT2D eigenvalue weighted by atomic mass is 32.2. The quantitative estimate of drug-likeness (QED) is 0.848. The van der Waals surface area contributed by atoms with Gasteiger partial charge in [0.2, 0.25) is 5.88 Å². The van der Waals surface area contributed by atoms with E-state index in [1.807, 2.05) is 19.1 Å². The molecule has 0 bridgehead atoms. The maximum absolute atomic E-state index is 6.03. The molecule has 0 amide bonds. The summed E-state index contributed by atoms with van der Waals surface area (Å²) < 4.78 is 5.49. The van der Waals surface area contributed by atoms with Gasteiger partial charge in [-0.05, 0) is 25.5 Å². The Balaban J connectivity index is 2.18. The minimum absolute atomic E-state index is 0.464. The molecule has 0 atom stereocenters. The molecule has 0 aliphatic heterocycles.